The number of carbonyl (C=O) groups is 1. The standard InChI is InChI=1S/C21H24N2O5/c1-5-26-19-11-10-15(12-17(19)25)21-23(14(4)24)22-20(28-21)16-8-6-7-9-18(16)27-13(2)3/h6-13,21,25H,5H2,1-4H3. The number of benzene rings is 2. The first-order chi connectivity index (χ1) is 13.4. The predicted molar refractivity (Wildman–Crippen MR) is 104 cm³/mol. The van der Waals surface area contributed by atoms with Gasteiger partial charge in [0.2, 0.25) is 18.0 Å². The molecule has 0 saturated heterocycles. The van der Waals surface area contributed by atoms with Crippen LogP contribution in [0.15, 0.2) is 47.6 Å². The molecule has 0 saturated carbocycles. The van der Waals surface area contributed by atoms with Gasteiger partial charge in [-0.1, -0.05) is 12.1 Å². The molecule has 2 aromatic carbocycles. The fourth-order valence-corrected chi connectivity index (χ4v) is 2.86. The Morgan fingerprint density at radius 2 is 2.00 bits per heavy atom. The quantitative estimate of drug-likeness (QED) is 0.819. The first-order valence-corrected chi connectivity index (χ1v) is 9.17. The Morgan fingerprint density at radius 3 is 2.64 bits per heavy atom. The molecule has 7 heteroatoms. The summed E-state index contributed by atoms with van der Waals surface area (Å²) in [5.74, 6) is 0.967. The summed E-state index contributed by atoms with van der Waals surface area (Å²) in [6.45, 7) is 7.55. The van der Waals surface area contributed by atoms with E-state index in [1.54, 1.807) is 12.1 Å². The van der Waals surface area contributed by atoms with E-state index >= 15 is 0 Å². The van der Waals surface area contributed by atoms with Crippen LogP contribution in [0.4, 0.5) is 0 Å². The molecule has 1 unspecified atom stereocenters. The van der Waals surface area contributed by atoms with Crippen molar-refractivity contribution in [3.8, 4) is 17.2 Å². The van der Waals surface area contributed by atoms with Gasteiger partial charge >= 0.3 is 0 Å². The maximum absolute atomic E-state index is 12.1. The highest BCUT2D eigenvalue weighted by Gasteiger charge is 2.34. The molecule has 1 aliphatic heterocycles. The molecule has 148 valence electrons. The van der Waals surface area contributed by atoms with Gasteiger partial charge in [-0.2, -0.15) is 5.01 Å². The summed E-state index contributed by atoms with van der Waals surface area (Å²) >= 11 is 0. The second-order valence-corrected chi connectivity index (χ2v) is 6.56. The Morgan fingerprint density at radius 1 is 1.25 bits per heavy atom. The van der Waals surface area contributed by atoms with Crippen LogP contribution in [0, 0.1) is 0 Å². The molecule has 3 rings (SSSR count). The van der Waals surface area contributed by atoms with Crippen molar-refractivity contribution >= 4 is 11.8 Å². The topological polar surface area (TPSA) is 80.6 Å². The number of aromatic hydroxyl groups is 1. The average Bonchev–Trinajstić information content (AvgIpc) is 3.09. The SMILES string of the molecule is CCOc1ccc(C2OC(c3ccccc3OC(C)C)=NN2C(C)=O)cc1O. The molecule has 0 aromatic heterocycles. The number of amides is 1. The van der Waals surface area contributed by atoms with Gasteiger partial charge in [0.1, 0.15) is 5.75 Å². The van der Waals surface area contributed by atoms with Crippen molar-refractivity contribution < 1.29 is 24.1 Å². The van der Waals surface area contributed by atoms with E-state index in [0.717, 1.165) is 0 Å². The fraction of sp³-hybridized carbons (Fsp3) is 0.333. The van der Waals surface area contributed by atoms with Crippen LogP contribution in [0.25, 0.3) is 0 Å². The van der Waals surface area contributed by atoms with Crippen LogP contribution >= 0.6 is 0 Å². The van der Waals surface area contributed by atoms with Crippen LogP contribution in [0.2, 0.25) is 0 Å². The van der Waals surface area contributed by atoms with Crippen molar-refractivity contribution in [2.45, 2.75) is 40.0 Å². The number of phenols is 1. The predicted octanol–water partition coefficient (Wildman–Crippen LogP) is 3.82. The van der Waals surface area contributed by atoms with E-state index in [0.29, 0.717) is 29.2 Å². The molecule has 28 heavy (non-hydrogen) atoms. The third-order valence-electron chi connectivity index (χ3n) is 4.01. The zero-order chi connectivity index (χ0) is 20.3. The van der Waals surface area contributed by atoms with Gasteiger partial charge in [-0.25, -0.2) is 0 Å². The van der Waals surface area contributed by atoms with Crippen LogP contribution in [0.1, 0.15) is 45.0 Å². The fourth-order valence-electron chi connectivity index (χ4n) is 2.86. The third kappa shape index (κ3) is 4.03. The summed E-state index contributed by atoms with van der Waals surface area (Å²) in [7, 11) is 0. The minimum Gasteiger partial charge on any atom is -0.504 e. The molecule has 1 heterocycles. The second-order valence-electron chi connectivity index (χ2n) is 6.56. The minimum atomic E-state index is -0.791. The highest BCUT2D eigenvalue weighted by molar-refractivity contribution is 5.98. The maximum Gasteiger partial charge on any atom is 0.244 e. The molecule has 0 radical (unpaired) electrons. The smallest absolute Gasteiger partial charge is 0.244 e. The number of phenolic OH excluding ortho intramolecular Hbond substituents is 1. The van der Waals surface area contributed by atoms with Crippen LogP contribution in [-0.4, -0.2) is 34.6 Å². The number of carbonyl (C=O) groups excluding carboxylic acids is 1. The van der Waals surface area contributed by atoms with E-state index in [1.165, 1.54) is 18.0 Å². The summed E-state index contributed by atoms with van der Waals surface area (Å²) in [4.78, 5) is 12.1. The van der Waals surface area contributed by atoms with E-state index in [9.17, 15) is 9.90 Å². The Balaban J connectivity index is 1.94. The lowest BCUT2D eigenvalue weighted by molar-refractivity contribution is -0.135. The Bertz CT molecular complexity index is 894. The van der Waals surface area contributed by atoms with Gasteiger partial charge in [0.15, 0.2) is 11.5 Å². The zero-order valence-electron chi connectivity index (χ0n) is 16.4. The summed E-state index contributed by atoms with van der Waals surface area (Å²) in [5, 5.41) is 15.8. The molecule has 1 amide bonds. The maximum atomic E-state index is 12.1. The van der Waals surface area contributed by atoms with Crippen molar-refractivity contribution in [3.05, 3.63) is 53.6 Å². The van der Waals surface area contributed by atoms with Gasteiger partial charge in [0, 0.05) is 12.5 Å². The van der Waals surface area contributed by atoms with Gasteiger partial charge in [0.25, 0.3) is 0 Å². The number of ether oxygens (including phenoxy) is 3. The van der Waals surface area contributed by atoms with Gasteiger partial charge < -0.3 is 19.3 Å². The Hall–Kier alpha value is -3.22. The van der Waals surface area contributed by atoms with Crippen molar-refractivity contribution in [1.29, 1.82) is 0 Å². The van der Waals surface area contributed by atoms with Gasteiger partial charge in [-0.3, -0.25) is 4.79 Å². The lowest BCUT2D eigenvalue weighted by Crippen LogP contribution is -2.25. The van der Waals surface area contributed by atoms with Crippen LogP contribution in [-0.2, 0) is 9.53 Å². The highest BCUT2D eigenvalue weighted by atomic mass is 16.5. The number of para-hydroxylation sites is 1. The van der Waals surface area contributed by atoms with Crippen molar-refractivity contribution in [1.82, 2.24) is 5.01 Å². The number of hydrogen-bond donors (Lipinski definition) is 1. The van der Waals surface area contributed by atoms with Gasteiger partial charge in [-0.05, 0) is 51.1 Å². The zero-order valence-corrected chi connectivity index (χ0v) is 16.4. The molecule has 0 aliphatic carbocycles. The summed E-state index contributed by atoms with van der Waals surface area (Å²) < 4.78 is 17.2. The monoisotopic (exact) mass is 384 g/mol. The first-order valence-electron chi connectivity index (χ1n) is 9.17. The van der Waals surface area contributed by atoms with Crippen molar-refractivity contribution in [2.75, 3.05) is 6.61 Å². The molecule has 1 N–H and O–H groups in total. The number of rotatable bonds is 6. The van der Waals surface area contributed by atoms with Crippen LogP contribution < -0.4 is 9.47 Å². The first kappa shape index (κ1) is 19.5. The second kappa shape index (κ2) is 8.21. The number of nitrogens with zero attached hydrogens (tertiary/aromatic N) is 2. The highest BCUT2D eigenvalue weighted by Crippen LogP contribution is 2.36. The molecular weight excluding hydrogens is 360 g/mol. The van der Waals surface area contributed by atoms with E-state index in [1.807, 2.05) is 45.0 Å². The Kier molecular flexibility index (Phi) is 5.73. The molecule has 2 aromatic rings. The average molecular weight is 384 g/mol. The van der Waals surface area contributed by atoms with Gasteiger partial charge in [-0.15, -0.1) is 5.10 Å². The molecular formula is C21H24N2O5. The van der Waals surface area contributed by atoms with Crippen LogP contribution in [0.3, 0.4) is 0 Å². The van der Waals surface area contributed by atoms with Gasteiger partial charge in [0.05, 0.1) is 18.3 Å². The number of hydrazone groups is 1. The normalized spacial score (nSPS) is 16.0. The lowest BCUT2D eigenvalue weighted by atomic mass is 10.1. The molecule has 0 bridgehead atoms. The molecule has 0 spiro atoms. The molecule has 7 nitrogen and oxygen atoms in total. The largest absolute Gasteiger partial charge is 0.504 e. The van der Waals surface area contributed by atoms with E-state index in [-0.39, 0.29) is 23.7 Å². The summed E-state index contributed by atoms with van der Waals surface area (Å²) in [6.07, 6.45) is -0.813. The molecule has 1 aliphatic rings. The molecule has 1 atom stereocenters. The summed E-state index contributed by atoms with van der Waals surface area (Å²) in [6, 6.07) is 12.3. The minimum absolute atomic E-state index is 0.0223. The van der Waals surface area contributed by atoms with Crippen molar-refractivity contribution in [3.63, 3.8) is 0 Å². The Labute approximate surface area is 164 Å². The molecule has 0 fully saturated rings. The van der Waals surface area contributed by atoms with Crippen molar-refractivity contribution in [2.24, 2.45) is 5.10 Å². The number of hydrogen-bond acceptors (Lipinski definition) is 6. The van der Waals surface area contributed by atoms with E-state index < -0.39 is 6.23 Å². The van der Waals surface area contributed by atoms with E-state index in [2.05, 4.69) is 5.10 Å². The summed E-state index contributed by atoms with van der Waals surface area (Å²) in [5.41, 5.74) is 1.23. The third-order valence-corrected chi connectivity index (χ3v) is 4.01. The van der Waals surface area contributed by atoms with E-state index in [4.69, 9.17) is 14.2 Å². The van der Waals surface area contributed by atoms with Crippen LogP contribution in [0.5, 0.6) is 17.2 Å². The lowest BCUT2D eigenvalue weighted by Gasteiger charge is -2.20.